The molecule has 126 valence electrons. The molecule has 0 unspecified atom stereocenters. The Bertz CT molecular complexity index is 760. The van der Waals surface area contributed by atoms with Crippen molar-refractivity contribution < 1.29 is 27.1 Å². The lowest BCUT2D eigenvalue weighted by atomic mass is 9.86. The summed E-state index contributed by atoms with van der Waals surface area (Å²) in [5, 5.41) is 2.72. The van der Waals surface area contributed by atoms with E-state index in [9.17, 15) is 18.0 Å². The highest BCUT2D eigenvalue weighted by Gasteiger charge is 2.35. The van der Waals surface area contributed by atoms with E-state index in [1.807, 2.05) is 20.8 Å². The number of benzene rings is 1. The number of alkyl halides is 3. The van der Waals surface area contributed by atoms with Gasteiger partial charge in [-0.05, 0) is 17.5 Å². The first-order chi connectivity index (χ1) is 10.4. The predicted octanol–water partition coefficient (Wildman–Crippen LogP) is 5.23. The highest BCUT2D eigenvalue weighted by molar-refractivity contribution is 9.10. The van der Waals surface area contributed by atoms with Crippen LogP contribution in [0.5, 0.6) is 5.95 Å². The van der Waals surface area contributed by atoms with Crippen LogP contribution in [0.2, 0.25) is 0 Å². The lowest BCUT2D eigenvalue weighted by molar-refractivity contribution is -0.137. The second-order valence-corrected chi connectivity index (χ2v) is 6.84. The maximum atomic E-state index is 12.9. The third-order valence-corrected chi connectivity index (χ3v) is 3.80. The molecule has 0 saturated carbocycles. The van der Waals surface area contributed by atoms with E-state index < -0.39 is 23.2 Å². The van der Waals surface area contributed by atoms with Crippen LogP contribution in [0.15, 0.2) is 21.0 Å². The predicted molar refractivity (Wildman–Crippen MR) is 82.7 cm³/mol. The van der Waals surface area contributed by atoms with Gasteiger partial charge < -0.3 is 14.5 Å². The zero-order valence-corrected chi connectivity index (χ0v) is 14.5. The molecule has 0 fully saturated rings. The van der Waals surface area contributed by atoms with Crippen molar-refractivity contribution in [3.63, 3.8) is 0 Å². The summed E-state index contributed by atoms with van der Waals surface area (Å²) in [6, 6.07) is 1.88. The van der Waals surface area contributed by atoms with Crippen LogP contribution in [0.4, 0.5) is 18.0 Å². The molecule has 1 heterocycles. The Kier molecular flexibility index (Phi) is 4.40. The highest BCUT2D eigenvalue weighted by atomic mass is 79.9. The van der Waals surface area contributed by atoms with Gasteiger partial charge in [0.25, 0.3) is 5.95 Å². The fourth-order valence-electron chi connectivity index (χ4n) is 2.21. The number of amides is 1. The monoisotopic (exact) mass is 393 g/mol. The third kappa shape index (κ3) is 3.46. The first-order valence-corrected chi connectivity index (χ1v) is 7.47. The molecule has 0 bridgehead atoms. The minimum atomic E-state index is -4.51. The van der Waals surface area contributed by atoms with Crippen molar-refractivity contribution in [2.75, 3.05) is 7.05 Å². The van der Waals surface area contributed by atoms with E-state index in [1.165, 1.54) is 7.05 Å². The summed E-state index contributed by atoms with van der Waals surface area (Å²) >= 11 is 3.16. The summed E-state index contributed by atoms with van der Waals surface area (Å²) in [5.41, 5.74) is -0.860. The number of nitrogens with one attached hydrogen (secondary N) is 1. The molecule has 0 saturated heterocycles. The summed E-state index contributed by atoms with van der Waals surface area (Å²) < 4.78 is 49.5. The molecule has 8 heteroatoms. The van der Waals surface area contributed by atoms with Gasteiger partial charge in [-0.1, -0.05) is 36.7 Å². The topological polar surface area (TPSA) is 51.5 Å². The van der Waals surface area contributed by atoms with Crippen LogP contribution in [0.3, 0.4) is 0 Å². The number of carbonyl (C=O) groups is 1. The van der Waals surface area contributed by atoms with Crippen molar-refractivity contribution in [1.82, 2.24) is 5.32 Å². The normalized spacial score (nSPS) is 12.5. The minimum Gasteiger partial charge on any atom is -0.425 e. The Hall–Kier alpha value is -1.70. The molecular weight excluding hydrogens is 379 g/mol. The molecule has 0 aliphatic heterocycles. The number of halogens is 4. The van der Waals surface area contributed by atoms with Gasteiger partial charge in [-0.2, -0.15) is 13.2 Å². The summed E-state index contributed by atoms with van der Waals surface area (Å²) in [6.45, 7) is 5.54. The highest BCUT2D eigenvalue weighted by Crippen LogP contribution is 2.45. The van der Waals surface area contributed by atoms with Crippen LogP contribution in [-0.4, -0.2) is 13.1 Å². The lowest BCUT2D eigenvalue weighted by Gasteiger charge is -2.19. The van der Waals surface area contributed by atoms with E-state index in [-0.39, 0.29) is 16.0 Å². The number of hydrogen-bond acceptors (Lipinski definition) is 3. The molecule has 0 spiro atoms. The van der Waals surface area contributed by atoms with Crippen LogP contribution >= 0.6 is 15.9 Å². The van der Waals surface area contributed by atoms with Gasteiger partial charge in [0.1, 0.15) is 5.58 Å². The van der Waals surface area contributed by atoms with Gasteiger partial charge in [0.15, 0.2) is 0 Å². The standard InChI is InChI=1S/C15H15BrF3NO3/c1-14(2,3)11-10-8(16)5-7(15(17,18)19)6-9(10)22-12(11)23-13(21)20-4/h5-6H,1-4H3,(H,20,21). The van der Waals surface area contributed by atoms with E-state index in [4.69, 9.17) is 9.15 Å². The van der Waals surface area contributed by atoms with Crippen molar-refractivity contribution >= 4 is 33.0 Å². The van der Waals surface area contributed by atoms with Gasteiger partial charge in [0, 0.05) is 16.9 Å². The maximum absolute atomic E-state index is 12.9. The van der Waals surface area contributed by atoms with Crippen LogP contribution in [0.25, 0.3) is 11.0 Å². The Labute approximate surface area is 139 Å². The Morgan fingerprint density at radius 3 is 2.35 bits per heavy atom. The van der Waals surface area contributed by atoms with E-state index >= 15 is 0 Å². The summed E-state index contributed by atoms with van der Waals surface area (Å²) in [5.74, 6) is -0.119. The van der Waals surface area contributed by atoms with Gasteiger partial charge in [-0.15, -0.1) is 0 Å². The number of rotatable bonds is 1. The van der Waals surface area contributed by atoms with Crippen molar-refractivity contribution in [1.29, 1.82) is 0 Å². The van der Waals surface area contributed by atoms with E-state index in [1.54, 1.807) is 0 Å². The average molecular weight is 394 g/mol. The van der Waals surface area contributed by atoms with Crippen molar-refractivity contribution in [2.24, 2.45) is 0 Å². The van der Waals surface area contributed by atoms with Crippen LogP contribution in [0.1, 0.15) is 31.9 Å². The van der Waals surface area contributed by atoms with Crippen molar-refractivity contribution in [3.8, 4) is 5.95 Å². The minimum absolute atomic E-state index is 0.00414. The summed E-state index contributed by atoms with van der Waals surface area (Å²) in [4.78, 5) is 11.5. The smallest absolute Gasteiger partial charge is 0.416 e. The zero-order valence-electron chi connectivity index (χ0n) is 12.9. The first kappa shape index (κ1) is 17.7. The van der Waals surface area contributed by atoms with Gasteiger partial charge >= 0.3 is 12.3 Å². The van der Waals surface area contributed by atoms with Crippen molar-refractivity contribution in [3.05, 3.63) is 27.7 Å². The fourth-order valence-corrected chi connectivity index (χ4v) is 2.85. The second-order valence-electron chi connectivity index (χ2n) is 5.98. The molecule has 2 rings (SSSR count). The molecule has 23 heavy (non-hydrogen) atoms. The largest absolute Gasteiger partial charge is 0.425 e. The van der Waals surface area contributed by atoms with Crippen LogP contribution < -0.4 is 10.1 Å². The van der Waals surface area contributed by atoms with E-state index in [0.717, 1.165) is 12.1 Å². The Morgan fingerprint density at radius 1 is 1.26 bits per heavy atom. The van der Waals surface area contributed by atoms with Crippen LogP contribution in [-0.2, 0) is 11.6 Å². The SMILES string of the molecule is CNC(=O)Oc1oc2cc(C(F)(F)F)cc(Br)c2c1C(C)(C)C. The fraction of sp³-hybridized carbons (Fsp3) is 0.400. The molecule has 1 aromatic heterocycles. The molecule has 0 radical (unpaired) electrons. The van der Waals surface area contributed by atoms with Gasteiger partial charge in [-0.3, -0.25) is 0 Å². The molecule has 0 aliphatic carbocycles. The quantitative estimate of drug-likeness (QED) is 0.721. The number of hydrogen-bond donors (Lipinski definition) is 1. The molecular formula is C15H15BrF3NO3. The van der Waals surface area contributed by atoms with Crippen molar-refractivity contribution in [2.45, 2.75) is 32.4 Å². The number of fused-ring (bicyclic) bond motifs is 1. The lowest BCUT2D eigenvalue weighted by Crippen LogP contribution is -2.23. The molecule has 4 nitrogen and oxygen atoms in total. The molecule has 0 atom stereocenters. The average Bonchev–Trinajstić information content (AvgIpc) is 2.75. The molecule has 0 aliphatic rings. The molecule has 1 N–H and O–H groups in total. The van der Waals surface area contributed by atoms with Gasteiger partial charge in [-0.25, -0.2) is 4.79 Å². The van der Waals surface area contributed by atoms with E-state index in [0.29, 0.717) is 10.9 Å². The number of furan rings is 1. The maximum Gasteiger partial charge on any atom is 0.416 e. The van der Waals surface area contributed by atoms with Gasteiger partial charge in [0.2, 0.25) is 0 Å². The zero-order chi connectivity index (χ0) is 17.6. The summed E-state index contributed by atoms with van der Waals surface area (Å²) in [6.07, 6.45) is -5.27. The molecule has 2 aromatic rings. The Balaban J connectivity index is 2.77. The van der Waals surface area contributed by atoms with Crippen LogP contribution in [0, 0.1) is 0 Å². The summed E-state index contributed by atoms with van der Waals surface area (Å²) in [7, 11) is 1.37. The molecule has 1 amide bonds. The second kappa shape index (κ2) is 5.74. The first-order valence-electron chi connectivity index (χ1n) is 6.68. The van der Waals surface area contributed by atoms with Gasteiger partial charge in [0.05, 0.1) is 11.1 Å². The number of ether oxygens (including phenoxy) is 1. The Morgan fingerprint density at radius 2 is 1.87 bits per heavy atom. The number of carbonyl (C=O) groups excluding carboxylic acids is 1. The third-order valence-electron chi connectivity index (χ3n) is 3.18. The van der Waals surface area contributed by atoms with E-state index in [2.05, 4.69) is 21.2 Å². The molecule has 1 aromatic carbocycles.